The Morgan fingerprint density at radius 3 is 0.990 bits per heavy atom. The molecular weight excluding hydrogens is 2170 g/mol. The Kier molecular flexibility index (Phi) is 32.9. The van der Waals surface area contributed by atoms with E-state index in [0.717, 1.165) is 89.4 Å². The molecule has 12 rings (SSSR count). The number of allylic oxidation sites excluding steroid dienone is 1. The number of pyridine rings is 4. The number of hydrogen-bond acceptors (Lipinski definition) is 6. The van der Waals surface area contributed by atoms with Crippen LogP contribution in [0.25, 0.3) is 88.6 Å². The summed E-state index contributed by atoms with van der Waals surface area (Å²) in [6.07, 6.45) is 0.824. The van der Waals surface area contributed by atoms with Crippen LogP contribution in [0.3, 0.4) is 0 Å². The molecule has 0 bridgehead atoms. The van der Waals surface area contributed by atoms with Gasteiger partial charge in [-0.05, 0) is 19.9 Å². The Morgan fingerprint density at radius 2 is 0.667 bits per heavy atom. The Hall–Kier alpha value is -4.33. The van der Waals surface area contributed by atoms with Crippen LogP contribution in [0.4, 0.5) is 0 Å². The quantitative estimate of drug-likeness (QED) is 0.0850. The summed E-state index contributed by atoms with van der Waals surface area (Å²) in [6, 6.07) is 75.1. The molecule has 0 aliphatic heterocycles. The number of aromatic nitrogens is 4. The number of aliphatic hydroxyl groups excluding tert-OH is 2. The zero-order chi connectivity index (χ0) is 69.5. The molecule has 1 atom stereocenters. The van der Waals surface area contributed by atoms with Crippen LogP contribution in [-0.2, 0) is 80.4 Å². The molecule has 0 saturated carbocycles. The summed E-state index contributed by atoms with van der Waals surface area (Å²) in [5.41, 5.74) is 22.4. The number of nitrogens with zero attached hydrogens (tertiary/aromatic N) is 4. The second-order valence-corrected chi connectivity index (χ2v) is 72.5. The largest absolute Gasteiger partial charge is 0 e. The summed E-state index contributed by atoms with van der Waals surface area (Å²) < 4.78 is 6.06. The molecule has 0 spiro atoms. The number of benzene rings is 8. The maximum atomic E-state index is 8.49. The molecule has 4 radical (unpaired) electrons. The van der Waals surface area contributed by atoms with Crippen LogP contribution in [-0.4, -0.2) is 89.3 Å². The normalized spacial score (nSPS) is 11.7. The van der Waals surface area contributed by atoms with Crippen LogP contribution in [0.5, 0.6) is 0 Å². The van der Waals surface area contributed by atoms with Gasteiger partial charge in [-0.25, -0.2) is 0 Å². The summed E-state index contributed by atoms with van der Waals surface area (Å²) >= 11 is -7.30. The van der Waals surface area contributed by atoms with E-state index in [1.807, 2.05) is 0 Å². The molecule has 6 nitrogen and oxygen atoms in total. The predicted octanol–water partition coefficient (Wildman–Crippen LogP) is 20.3. The number of rotatable bonds is 9. The van der Waals surface area contributed by atoms with Crippen LogP contribution in [0.1, 0.15) is 58.4 Å². The molecule has 0 fully saturated rings. The third kappa shape index (κ3) is 25.2. The van der Waals surface area contributed by atoms with Crippen LogP contribution >= 0.6 is 0 Å². The fourth-order valence-corrected chi connectivity index (χ4v) is 22.3. The Balaban J connectivity index is 0.000000268. The average molecular weight is 2270 g/mol. The summed E-state index contributed by atoms with van der Waals surface area (Å²) in [6.45, 7) is 19.9. The summed E-state index contributed by atoms with van der Waals surface area (Å²) in [7, 11) is 0. The van der Waals surface area contributed by atoms with Gasteiger partial charge in [-0.15, -0.1) is 0 Å². The molecule has 0 saturated heterocycles. The minimum absolute atomic E-state index is 0. The van der Waals surface area contributed by atoms with Gasteiger partial charge >= 0.3 is 542 Å². The number of aliphatic hydroxyl groups is 2. The van der Waals surface area contributed by atoms with Crippen molar-refractivity contribution in [3.8, 4) is 45.0 Å². The maximum Gasteiger partial charge on any atom is 0 e. The van der Waals surface area contributed by atoms with E-state index in [4.69, 9.17) is 30.1 Å². The minimum atomic E-state index is -1.88. The fourth-order valence-electron chi connectivity index (χ4n) is 11.7. The van der Waals surface area contributed by atoms with Crippen molar-refractivity contribution >= 4 is 114 Å². The van der Waals surface area contributed by atoms with Crippen molar-refractivity contribution in [3.05, 3.63) is 250 Å². The van der Waals surface area contributed by atoms with E-state index in [1.165, 1.54) is 74.4 Å². The average Bonchev–Trinajstić information content (AvgIpc) is 0.808. The minimum Gasteiger partial charge on any atom is 0 e. The van der Waals surface area contributed by atoms with E-state index in [-0.39, 0.29) is 86.2 Å². The molecule has 0 aliphatic rings. The Labute approximate surface area is 657 Å². The standard InChI is InChI=1S/4C20H22GeN.C5H10O2.4Ir/c1-14-10-15(2)12-17(11-14)20-8-6-16-13-18(21(3,4)5)7-9-19(16)22-20;2*1-14-10-15(2)12-17(11-14)19-9-7-16-6-8-18(21(3,4)5)13-20(16)22-19;1-14-11-15(2)13-16(12-14)19-10-9-17-18(21(3,4)5)7-6-8-20(17)22-19;1-4(6)3-5(2)7;;;;/h3*6-11,13H,1-5H3;6-12H,1-5H3;3-4,6-7H,1-2H3;;;;/q4*-1;;;;;. The Bertz CT molecular complexity index is 4470. The van der Waals surface area contributed by atoms with Crippen molar-refractivity contribution in [2.45, 2.75) is 144 Å². The van der Waals surface area contributed by atoms with Crippen molar-refractivity contribution < 1.29 is 90.6 Å². The van der Waals surface area contributed by atoms with Gasteiger partial charge in [0, 0.05) is 80.4 Å². The summed E-state index contributed by atoms with van der Waals surface area (Å²) in [5.74, 6) is 29.2. The first-order chi connectivity index (χ1) is 44.4. The molecule has 99 heavy (non-hydrogen) atoms. The first kappa shape index (κ1) is 87.1. The predicted molar refractivity (Wildman–Crippen MR) is 422 cm³/mol. The first-order valence-electron chi connectivity index (χ1n) is 33.2. The second kappa shape index (κ2) is 37.4. The number of hydrogen-bond donors (Lipinski definition) is 2. The molecule has 4 heterocycles. The number of fused-ring (bicyclic) bond motifs is 4. The van der Waals surface area contributed by atoms with Gasteiger partial charge < -0.3 is 10.2 Å². The molecule has 8 aromatic carbocycles. The SMILES string of the molecule is CC(O)=CC(C)O.Cc1[c-]c(-c2ccc3[c]([Ge]([CH3])([CH3])[CH3])cccc3n2)cc(C)c1.Cc1[c-]c(-c2ccc3c[c]([Ge]([CH3])([CH3])[CH3])ccc3n2)cc(C)c1.Cc1[c-]c(-c2ccc3cc[c]([Ge]([CH3])([CH3])[CH3])cc3n2)cc(C)c1.Cc1[c-]c(-c2ccc3cc[c]([Ge]([CH3])([CH3])[CH3])cc3n2)cc(C)c1.[Ir].[Ir].[Ir].[Ir]. The number of aryl methyl sites for hydroxylation is 8. The van der Waals surface area contributed by atoms with Crippen LogP contribution < -0.4 is 17.6 Å². The molecule has 0 amide bonds. The molecule has 14 heteroatoms. The molecule has 12 aromatic rings. The van der Waals surface area contributed by atoms with Crippen molar-refractivity contribution in [2.24, 2.45) is 0 Å². The molecule has 0 aliphatic carbocycles. The second-order valence-electron chi connectivity index (χ2n) is 29.9. The van der Waals surface area contributed by atoms with E-state index in [1.54, 1.807) is 6.92 Å². The van der Waals surface area contributed by atoms with Crippen molar-refractivity contribution in [1.29, 1.82) is 0 Å². The van der Waals surface area contributed by atoms with Gasteiger partial charge in [0.25, 0.3) is 0 Å². The van der Waals surface area contributed by atoms with E-state index < -0.39 is 59.2 Å². The smallest absolute Gasteiger partial charge is 0 e. The topological polar surface area (TPSA) is 92.0 Å². The molecule has 4 aromatic heterocycles. The third-order valence-corrected chi connectivity index (χ3v) is 33.6. The van der Waals surface area contributed by atoms with Crippen molar-refractivity contribution in [3.63, 3.8) is 0 Å². The first-order valence-corrected chi connectivity index (χ1v) is 62.6. The van der Waals surface area contributed by atoms with Crippen molar-refractivity contribution in [2.75, 3.05) is 0 Å². The van der Waals surface area contributed by atoms with E-state index in [2.05, 4.69) is 319 Å². The van der Waals surface area contributed by atoms with Gasteiger partial charge in [0.2, 0.25) is 0 Å². The zero-order valence-corrected chi connectivity index (χ0v) is 79.8. The molecule has 526 valence electrons. The molecule has 2 N–H and O–H groups in total. The van der Waals surface area contributed by atoms with Crippen LogP contribution in [0.15, 0.2) is 182 Å². The van der Waals surface area contributed by atoms with Gasteiger partial charge in [0.15, 0.2) is 0 Å². The van der Waals surface area contributed by atoms with E-state index >= 15 is 0 Å². The van der Waals surface area contributed by atoms with E-state index in [0.29, 0.717) is 0 Å². The third-order valence-electron chi connectivity index (χ3n) is 16.4. The zero-order valence-electron chi connectivity index (χ0n) is 61.8. The van der Waals surface area contributed by atoms with Crippen molar-refractivity contribution in [1.82, 2.24) is 19.9 Å². The van der Waals surface area contributed by atoms with Gasteiger partial charge in [0.05, 0.1) is 11.9 Å². The maximum absolute atomic E-state index is 8.49. The molecule has 1 unspecified atom stereocenters. The van der Waals surface area contributed by atoms with Crippen LogP contribution in [0.2, 0.25) is 69.1 Å². The van der Waals surface area contributed by atoms with Gasteiger partial charge in [-0.2, -0.15) is 0 Å². The fraction of sp³-hybridized carbons (Fsp3) is 0.271. The Morgan fingerprint density at radius 1 is 0.354 bits per heavy atom. The summed E-state index contributed by atoms with van der Waals surface area (Å²) in [5, 5.41) is 21.9. The van der Waals surface area contributed by atoms with Gasteiger partial charge in [0.1, 0.15) is 0 Å². The summed E-state index contributed by atoms with van der Waals surface area (Å²) in [4.78, 5) is 19.5. The monoisotopic (exact) mass is 2270 g/mol. The van der Waals surface area contributed by atoms with Gasteiger partial charge in [-0.1, -0.05) is 0 Å². The van der Waals surface area contributed by atoms with E-state index in [9.17, 15) is 0 Å². The van der Waals surface area contributed by atoms with Gasteiger partial charge in [-0.3, -0.25) is 0 Å². The van der Waals surface area contributed by atoms with Crippen LogP contribution in [0, 0.1) is 79.7 Å². The molecular formula is C85H98Ge4Ir4N4O2-4.